The maximum absolute atomic E-state index is 13.7. The number of ether oxygens (including phenoxy) is 2. The fourth-order valence-corrected chi connectivity index (χ4v) is 4.38. The summed E-state index contributed by atoms with van der Waals surface area (Å²) in [5.41, 5.74) is 1.83. The van der Waals surface area contributed by atoms with Gasteiger partial charge in [0.2, 0.25) is 0 Å². The fraction of sp³-hybridized carbons (Fsp3) is 0.360. The van der Waals surface area contributed by atoms with Crippen LogP contribution in [0.3, 0.4) is 0 Å². The molecule has 1 unspecified atom stereocenters. The number of rotatable bonds is 7. The Labute approximate surface area is 187 Å². The van der Waals surface area contributed by atoms with Gasteiger partial charge in [0.25, 0.3) is 11.8 Å². The van der Waals surface area contributed by atoms with Gasteiger partial charge in [0.1, 0.15) is 17.2 Å². The topological polar surface area (TPSA) is 79.3 Å². The Morgan fingerprint density at radius 2 is 1.81 bits per heavy atom. The van der Waals surface area contributed by atoms with E-state index in [-0.39, 0.29) is 24.3 Å². The standard InChI is InChI=1S/C25H28N2O5/c1-3-32-21-9-5-4-8-20(21)27-24(29)22(18-10-12-19(31-2)13-11-18)23(25(27)30)26-14-6-7-17(15-26)16-28/h4-5,8-13,17,28H,3,6-7,14-16H2,1-2H3. The molecule has 7 nitrogen and oxygen atoms in total. The van der Waals surface area contributed by atoms with Crippen molar-refractivity contribution in [2.75, 3.05) is 38.3 Å². The molecule has 1 atom stereocenters. The van der Waals surface area contributed by atoms with Crippen LogP contribution in [0.25, 0.3) is 5.57 Å². The van der Waals surface area contributed by atoms with E-state index in [2.05, 4.69) is 0 Å². The first kappa shape index (κ1) is 21.9. The Hall–Kier alpha value is -3.32. The van der Waals surface area contributed by atoms with Gasteiger partial charge in [0, 0.05) is 19.7 Å². The number of methoxy groups -OCH3 is 1. The van der Waals surface area contributed by atoms with E-state index in [4.69, 9.17) is 9.47 Å². The van der Waals surface area contributed by atoms with Crippen molar-refractivity contribution in [3.05, 3.63) is 59.8 Å². The molecule has 0 aromatic heterocycles. The minimum Gasteiger partial charge on any atom is -0.497 e. The number of carbonyl (C=O) groups excluding carboxylic acids is 2. The molecule has 7 heteroatoms. The number of imide groups is 1. The number of amides is 2. The second-order valence-electron chi connectivity index (χ2n) is 7.94. The van der Waals surface area contributed by atoms with Gasteiger partial charge >= 0.3 is 0 Å². The lowest BCUT2D eigenvalue weighted by Gasteiger charge is -2.34. The van der Waals surface area contributed by atoms with Crippen LogP contribution < -0.4 is 14.4 Å². The molecule has 168 valence electrons. The van der Waals surface area contributed by atoms with Crippen molar-refractivity contribution in [3.63, 3.8) is 0 Å². The number of hydrogen-bond donors (Lipinski definition) is 1. The minimum absolute atomic E-state index is 0.0562. The first-order valence-corrected chi connectivity index (χ1v) is 10.9. The Kier molecular flexibility index (Phi) is 6.46. The van der Waals surface area contributed by atoms with Crippen LogP contribution in [0, 0.1) is 5.92 Å². The van der Waals surface area contributed by atoms with Gasteiger partial charge < -0.3 is 19.5 Å². The summed E-state index contributed by atoms with van der Waals surface area (Å²) in [6.45, 7) is 3.53. The number of para-hydroxylation sites is 2. The summed E-state index contributed by atoms with van der Waals surface area (Å²) in [7, 11) is 1.58. The van der Waals surface area contributed by atoms with Crippen LogP contribution in [0.5, 0.6) is 11.5 Å². The maximum atomic E-state index is 13.7. The number of nitrogens with zero attached hydrogens (tertiary/aromatic N) is 2. The number of carbonyl (C=O) groups is 2. The van der Waals surface area contributed by atoms with E-state index in [9.17, 15) is 14.7 Å². The van der Waals surface area contributed by atoms with Crippen molar-refractivity contribution in [2.45, 2.75) is 19.8 Å². The average molecular weight is 437 g/mol. The van der Waals surface area contributed by atoms with Crippen LogP contribution in [0.2, 0.25) is 0 Å². The van der Waals surface area contributed by atoms with Gasteiger partial charge in [0.05, 0.1) is 25.0 Å². The Morgan fingerprint density at radius 1 is 1.06 bits per heavy atom. The van der Waals surface area contributed by atoms with E-state index in [1.165, 1.54) is 4.90 Å². The molecule has 2 aromatic carbocycles. The summed E-state index contributed by atoms with van der Waals surface area (Å²) in [5, 5.41) is 9.70. The lowest BCUT2D eigenvalue weighted by Crippen LogP contribution is -2.40. The predicted octanol–water partition coefficient (Wildman–Crippen LogP) is 3.08. The Balaban J connectivity index is 1.81. The summed E-state index contributed by atoms with van der Waals surface area (Å²) in [5.74, 6) is 0.476. The molecule has 4 rings (SSSR count). The number of benzene rings is 2. The second kappa shape index (κ2) is 9.44. The smallest absolute Gasteiger partial charge is 0.282 e. The zero-order valence-corrected chi connectivity index (χ0v) is 18.4. The monoisotopic (exact) mass is 436 g/mol. The van der Waals surface area contributed by atoms with Gasteiger partial charge in [-0.25, -0.2) is 4.90 Å². The highest BCUT2D eigenvalue weighted by molar-refractivity contribution is 6.45. The van der Waals surface area contributed by atoms with Crippen molar-refractivity contribution < 1.29 is 24.2 Å². The minimum atomic E-state index is -0.381. The first-order chi connectivity index (χ1) is 15.6. The summed E-state index contributed by atoms with van der Waals surface area (Å²) >= 11 is 0. The van der Waals surface area contributed by atoms with Crippen LogP contribution in [-0.2, 0) is 9.59 Å². The number of likely N-dealkylation sites (tertiary alicyclic amines) is 1. The normalized spacial score (nSPS) is 19.0. The molecule has 0 spiro atoms. The SMILES string of the molecule is CCOc1ccccc1N1C(=O)C(c2ccc(OC)cc2)=C(N2CCCC(CO)C2)C1=O. The Bertz CT molecular complexity index is 1030. The Morgan fingerprint density at radius 3 is 2.50 bits per heavy atom. The molecule has 32 heavy (non-hydrogen) atoms. The molecular formula is C25H28N2O5. The third-order valence-electron chi connectivity index (χ3n) is 5.94. The number of piperidine rings is 1. The largest absolute Gasteiger partial charge is 0.497 e. The summed E-state index contributed by atoms with van der Waals surface area (Å²) in [4.78, 5) is 30.6. The molecule has 2 aliphatic heterocycles. The molecule has 1 fully saturated rings. The lowest BCUT2D eigenvalue weighted by atomic mass is 9.97. The fourth-order valence-electron chi connectivity index (χ4n) is 4.38. The van der Waals surface area contributed by atoms with Crippen molar-refractivity contribution in [3.8, 4) is 11.5 Å². The number of anilines is 1. The third kappa shape index (κ3) is 3.96. The number of aliphatic hydroxyl groups excluding tert-OH is 1. The first-order valence-electron chi connectivity index (χ1n) is 10.9. The van der Waals surface area contributed by atoms with Crippen LogP contribution >= 0.6 is 0 Å². The molecule has 2 heterocycles. The number of hydrogen-bond acceptors (Lipinski definition) is 6. The molecule has 2 amide bonds. The van der Waals surface area contributed by atoms with Crippen molar-refractivity contribution in [2.24, 2.45) is 5.92 Å². The quantitative estimate of drug-likeness (QED) is 0.672. The van der Waals surface area contributed by atoms with Gasteiger partial charge in [-0.1, -0.05) is 24.3 Å². The van der Waals surface area contributed by atoms with Gasteiger partial charge in [-0.3, -0.25) is 9.59 Å². The van der Waals surface area contributed by atoms with Gasteiger partial charge in [-0.05, 0) is 55.5 Å². The summed E-state index contributed by atoms with van der Waals surface area (Å²) < 4.78 is 11.0. The highest BCUT2D eigenvalue weighted by Gasteiger charge is 2.44. The molecule has 0 saturated carbocycles. The average Bonchev–Trinajstić information content (AvgIpc) is 3.09. The van der Waals surface area contributed by atoms with E-state index in [0.29, 0.717) is 53.7 Å². The van der Waals surface area contributed by atoms with E-state index < -0.39 is 0 Å². The second-order valence-corrected chi connectivity index (χ2v) is 7.94. The molecule has 1 N–H and O–H groups in total. The third-order valence-corrected chi connectivity index (χ3v) is 5.94. The lowest BCUT2D eigenvalue weighted by molar-refractivity contribution is -0.120. The zero-order valence-electron chi connectivity index (χ0n) is 18.4. The van der Waals surface area contributed by atoms with Crippen LogP contribution in [0.4, 0.5) is 5.69 Å². The van der Waals surface area contributed by atoms with E-state index in [1.807, 2.05) is 17.9 Å². The maximum Gasteiger partial charge on any atom is 0.282 e. The summed E-state index contributed by atoms with van der Waals surface area (Å²) in [6.07, 6.45) is 1.75. The van der Waals surface area contributed by atoms with E-state index in [1.54, 1.807) is 49.6 Å². The van der Waals surface area contributed by atoms with Crippen LogP contribution in [0.15, 0.2) is 54.2 Å². The van der Waals surface area contributed by atoms with Crippen molar-refractivity contribution >= 4 is 23.1 Å². The molecule has 2 aromatic rings. The molecule has 2 aliphatic rings. The van der Waals surface area contributed by atoms with E-state index >= 15 is 0 Å². The van der Waals surface area contributed by atoms with Crippen molar-refractivity contribution in [1.82, 2.24) is 4.90 Å². The molecule has 0 bridgehead atoms. The molecular weight excluding hydrogens is 408 g/mol. The molecule has 0 aliphatic carbocycles. The zero-order chi connectivity index (χ0) is 22.7. The van der Waals surface area contributed by atoms with Crippen LogP contribution in [-0.4, -0.2) is 55.2 Å². The van der Waals surface area contributed by atoms with E-state index in [0.717, 1.165) is 12.8 Å². The molecule has 0 radical (unpaired) electrons. The van der Waals surface area contributed by atoms with Crippen LogP contribution in [0.1, 0.15) is 25.3 Å². The number of aliphatic hydroxyl groups is 1. The van der Waals surface area contributed by atoms with Gasteiger partial charge in [-0.2, -0.15) is 0 Å². The van der Waals surface area contributed by atoms with Crippen molar-refractivity contribution in [1.29, 1.82) is 0 Å². The highest BCUT2D eigenvalue weighted by Crippen LogP contribution is 2.39. The van der Waals surface area contributed by atoms with Gasteiger partial charge in [0.15, 0.2) is 0 Å². The molecule has 1 saturated heterocycles. The highest BCUT2D eigenvalue weighted by atomic mass is 16.5. The predicted molar refractivity (Wildman–Crippen MR) is 121 cm³/mol. The summed E-state index contributed by atoms with van der Waals surface area (Å²) in [6, 6.07) is 14.2. The van der Waals surface area contributed by atoms with Gasteiger partial charge in [-0.15, -0.1) is 0 Å².